The van der Waals surface area contributed by atoms with Gasteiger partial charge in [0.05, 0.1) is 22.9 Å². The van der Waals surface area contributed by atoms with Crippen LogP contribution in [0.5, 0.6) is 0 Å². The average Bonchev–Trinajstić information content (AvgIpc) is 3.07. The fourth-order valence-corrected chi connectivity index (χ4v) is 3.82. The number of benzene rings is 2. The van der Waals surface area contributed by atoms with Gasteiger partial charge in [0, 0.05) is 17.1 Å². The highest BCUT2D eigenvalue weighted by molar-refractivity contribution is 5.94. The van der Waals surface area contributed by atoms with Gasteiger partial charge < -0.3 is 0 Å². The summed E-state index contributed by atoms with van der Waals surface area (Å²) in [5, 5.41) is 1.01. The Balaban J connectivity index is 1.77. The number of aromatic nitrogens is 5. The van der Waals surface area contributed by atoms with Crippen LogP contribution in [0.1, 0.15) is 24.2 Å². The Morgan fingerprint density at radius 1 is 0.966 bits per heavy atom. The second-order valence-electron chi connectivity index (χ2n) is 7.09. The molecule has 142 valence electrons. The number of aromatic amines is 1. The van der Waals surface area contributed by atoms with E-state index in [4.69, 9.17) is 4.98 Å². The van der Waals surface area contributed by atoms with E-state index in [1.54, 1.807) is 10.8 Å². The van der Waals surface area contributed by atoms with Crippen molar-refractivity contribution in [2.24, 2.45) is 0 Å². The lowest BCUT2D eigenvalue weighted by Crippen LogP contribution is -2.21. The molecule has 29 heavy (non-hydrogen) atoms. The third-order valence-corrected chi connectivity index (χ3v) is 5.29. The van der Waals surface area contributed by atoms with Crippen molar-refractivity contribution in [2.45, 2.75) is 19.9 Å². The Hall–Kier alpha value is -3.80. The number of hydrogen-bond donors (Lipinski definition) is 1. The molecule has 0 fully saturated rings. The molecule has 0 aliphatic carbocycles. The van der Waals surface area contributed by atoms with E-state index in [-0.39, 0.29) is 11.7 Å². The number of rotatable bonds is 3. The zero-order valence-electron chi connectivity index (χ0n) is 16.1. The fraction of sp³-hybridized carbons (Fsp3) is 0.130. The van der Waals surface area contributed by atoms with E-state index in [1.165, 1.54) is 0 Å². The molecule has 0 aliphatic rings. The lowest BCUT2D eigenvalue weighted by atomic mass is 10.0. The van der Waals surface area contributed by atoms with Crippen molar-refractivity contribution in [1.82, 2.24) is 24.5 Å². The molecule has 0 saturated carbocycles. The maximum atomic E-state index is 12.7. The molecule has 1 atom stereocenters. The maximum absolute atomic E-state index is 12.7. The Morgan fingerprint density at radius 3 is 2.62 bits per heavy atom. The van der Waals surface area contributed by atoms with Crippen LogP contribution in [0.3, 0.4) is 0 Å². The van der Waals surface area contributed by atoms with Gasteiger partial charge in [0.1, 0.15) is 0 Å². The summed E-state index contributed by atoms with van der Waals surface area (Å²) in [5.74, 6) is 0. The third-order valence-electron chi connectivity index (χ3n) is 5.29. The van der Waals surface area contributed by atoms with Crippen molar-refractivity contribution in [3.63, 3.8) is 0 Å². The molecule has 6 nitrogen and oxygen atoms in total. The van der Waals surface area contributed by atoms with E-state index >= 15 is 0 Å². The van der Waals surface area contributed by atoms with Crippen molar-refractivity contribution < 1.29 is 0 Å². The molecule has 5 rings (SSSR count). The number of nitrogens with zero attached hydrogens (tertiary/aromatic N) is 4. The van der Waals surface area contributed by atoms with Crippen molar-refractivity contribution in [2.75, 3.05) is 0 Å². The lowest BCUT2D eigenvalue weighted by Gasteiger charge is -2.14. The second kappa shape index (κ2) is 6.67. The van der Waals surface area contributed by atoms with Crippen LogP contribution in [-0.2, 0) is 0 Å². The summed E-state index contributed by atoms with van der Waals surface area (Å²) < 4.78 is 1.67. The van der Waals surface area contributed by atoms with E-state index < -0.39 is 0 Å². The molecule has 0 amide bonds. The summed E-state index contributed by atoms with van der Waals surface area (Å²) in [5.41, 5.74) is 5.23. The maximum Gasteiger partial charge on any atom is 0.329 e. The topological polar surface area (TPSA) is 76.5 Å². The zero-order chi connectivity index (χ0) is 20.0. The Morgan fingerprint density at radius 2 is 1.79 bits per heavy atom. The van der Waals surface area contributed by atoms with E-state index in [0.29, 0.717) is 11.3 Å². The zero-order valence-corrected chi connectivity index (χ0v) is 16.1. The number of H-pyrrole nitrogens is 1. The molecule has 3 heterocycles. The highest BCUT2D eigenvalue weighted by Gasteiger charge is 2.19. The number of aryl methyl sites for hydroxylation is 1. The minimum atomic E-state index is -0.215. The standard InChI is InChI=1S/C23H19N5O/c1-14-20(18-10-6-12-19-17(18)11-7-13-24-19)26-22-21(25-14)27-23(29)28(22)15(2)16-8-4-3-5-9-16/h3-13,15H,1-2H3,(H,25,27,29)/t15-/m1/s1. The van der Waals surface area contributed by atoms with E-state index in [1.807, 2.05) is 74.5 Å². The first-order valence-corrected chi connectivity index (χ1v) is 9.51. The van der Waals surface area contributed by atoms with Crippen LogP contribution in [-0.4, -0.2) is 24.5 Å². The number of pyridine rings is 1. The Kier molecular flexibility index (Phi) is 3.98. The van der Waals surface area contributed by atoms with Crippen LogP contribution in [0.4, 0.5) is 0 Å². The first-order chi connectivity index (χ1) is 14.1. The number of hydrogen-bond acceptors (Lipinski definition) is 4. The van der Waals surface area contributed by atoms with Gasteiger partial charge in [0.15, 0.2) is 11.3 Å². The number of imidazole rings is 1. The van der Waals surface area contributed by atoms with Crippen LogP contribution in [0.15, 0.2) is 71.7 Å². The quantitative estimate of drug-likeness (QED) is 0.507. The Labute approximate surface area is 166 Å². The van der Waals surface area contributed by atoms with Crippen molar-refractivity contribution in [3.05, 3.63) is 88.6 Å². The molecule has 3 aromatic heterocycles. The van der Waals surface area contributed by atoms with Crippen LogP contribution < -0.4 is 5.69 Å². The summed E-state index contributed by atoms with van der Waals surface area (Å²) >= 11 is 0. The lowest BCUT2D eigenvalue weighted by molar-refractivity contribution is 0.630. The van der Waals surface area contributed by atoms with Gasteiger partial charge in [0.25, 0.3) is 0 Å². The third kappa shape index (κ3) is 2.81. The highest BCUT2D eigenvalue weighted by atomic mass is 16.1. The monoisotopic (exact) mass is 381 g/mol. The first kappa shape index (κ1) is 17.3. The summed E-state index contributed by atoms with van der Waals surface area (Å²) in [4.78, 5) is 29.6. The molecule has 0 bridgehead atoms. The average molecular weight is 381 g/mol. The van der Waals surface area contributed by atoms with Crippen LogP contribution in [0.25, 0.3) is 33.5 Å². The van der Waals surface area contributed by atoms with Crippen LogP contribution in [0.2, 0.25) is 0 Å². The van der Waals surface area contributed by atoms with E-state index in [9.17, 15) is 4.79 Å². The first-order valence-electron chi connectivity index (χ1n) is 9.51. The molecule has 0 spiro atoms. The number of nitrogens with one attached hydrogen (secondary N) is 1. The fourth-order valence-electron chi connectivity index (χ4n) is 3.82. The van der Waals surface area contributed by atoms with Gasteiger partial charge in [-0.25, -0.2) is 14.8 Å². The van der Waals surface area contributed by atoms with E-state index in [2.05, 4.69) is 15.0 Å². The van der Waals surface area contributed by atoms with Gasteiger partial charge >= 0.3 is 5.69 Å². The minimum Gasteiger partial charge on any atom is -0.289 e. The molecule has 0 aliphatic heterocycles. The molecule has 0 unspecified atom stereocenters. The van der Waals surface area contributed by atoms with Gasteiger partial charge in [-0.05, 0) is 31.5 Å². The summed E-state index contributed by atoms with van der Waals surface area (Å²) in [7, 11) is 0. The van der Waals surface area contributed by atoms with Crippen LogP contribution >= 0.6 is 0 Å². The molecule has 1 N–H and O–H groups in total. The molecular weight excluding hydrogens is 362 g/mol. The molecule has 0 radical (unpaired) electrons. The molecular formula is C23H19N5O. The van der Waals surface area contributed by atoms with Gasteiger partial charge in [-0.15, -0.1) is 0 Å². The second-order valence-corrected chi connectivity index (χ2v) is 7.09. The summed E-state index contributed by atoms with van der Waals surface area (Å²) in [6.45, 7) is 3.90. The van der Waals surface area contributed by atoms with Gasteiger partial charge in [-0.2, -0.15) is 0 Å². The SMILES string of the molecule is Cc1nc2[nH]c(=O)n([C@H](C)c3ccccc3)c2nc1-c1cccc2ncccc12. The van der Waals surface area contributed by atoms with Gasteiger partial charge in [-0.1, -0.05) is 48.5 Å². The van der Waals surface area contributed by atoms with Crippen molar-refractivity contribution in [1.29, 1.82) is 0 Å². The van der Waals surface area contributed by atoms with Crippen LogP contribution in [0, 0.1) is 6.92 Å². The van der Waals surface area contributed by atoms with E-state index in [0.717, 1.165) is 33.4 Å². The molecule has 0 saturated heterocycles. The molecule has 2 aromatic carbocycles. The highest BCUT2D eigenvalue weighted by Crippen LogP contribution is 2.29. The summed E-state index contributed by atoms with van der Waals surface area (Å²) in [6.07, 6.45) is 1.78. The normalized spacial score (nSPS) is 12.5. The Bertz CT molecular complexity index is 1400. The van der Waals surface area contributed by atoms with Gasteiger partial charge in [0.2, 0.25) is 0 Å². The summed E-state index contributed by atoms with van der Waals surface area (Å²) in [6, 6.07) is 19.6. The predicted molar refractivity (Wildman–Crippen MR) is 114 cm³/mol. The largest absolute Gasteiger partial charge is 0.329 e. The molecule has 6 heteroatoms. The van der Waals surface area contributed by atoms with Gasteiger partial charge in [-0.3, -0.25) is 14.5 Å². The smallest absolute Gasteiger partial charge is 0.289 e. The minimum absolute atomic E-state index is 0.170. The number of fused-ring (bicyclic) bond motifs is 2. The molecule has 5 aromatic rings. The van der Waals surface area contributed by atoms with Crippen molar-refractivity contribution >= 4 is 22.2 Å². The van der Waals surface area contributed by atoms with Crippen molar-refractivity contribution in [3.8, 4) is 11.3 Å². The predicted octanol–water partition coefficient (Wildman–Crippen LogP) is 4.25.